The van der Waals surface area contributed by atoms with Crippen molar-refractivity contribution in [3.05, 3.63) is 36.2 Å². The molecule has 0 aliphatic heterocycles. The van der Waals surface area contributed by atoms with Gasteiger partial charge in [0.25, 0.3) is 0 Å². The van der Waals surface area contributed by atoms with E-state index in [0.29, 0.717) is 0 Å². The third-order valence-electron chi connectivity index (χ3n) is 1.62. The van der Waals surface area contributed by atoms with Crippen LogP contribution in [0.25, 0.3) is 0 Å². The van der Waals surface area contributed by atoms with Crippen molar-refractivity contribution in [2.45, 2.75) is 27.7 Å². The van der Waals surface area contributed by atoms with E-state index >= 15 is 0 Å². The van der Waals surface area contributed by atoms with Crippen LogP contribution in [0.3, 0.4) is 0 Å². The number of hydrogen-bond donors (Lipinski definition) is 0. The molecule has 0 atom stereocenters. The molecule has 0 saturated heterocycles. The van der Waals surface area contributed by atoms with E-state index in [1.54, 1.807) is 6.08 Å². The van der Waals surface area contributed by atoms with Crippen LogP contribution in [0, 0.1) is 5.41 Å². The Bertz CT molecular complexity index is 214. The van der Waals surface area contributed by atoms with Crippen molar-refractivity contribution < 1.29 is 4.39 Å². The van der Waals surface area contributed by atoms with Gasteiger partial charge in [0.05, 0.1) is 0 Å². The number of halogens is 1. The summed E-state index contributed by atoms with van der Waals surface area (Å²) in [5, 5.41) is 0. The van der Waals surface area contributed by atoms with Gasteiger partial charge in [0.1, 0.15) is 5.83 Å². The first kappa shape index (κ1) is 11.2. The highest BCUT2D eigenvalue weighted by atomic mass is 19.1. The Kier molecular flexibility index (Phi) is 3.94. The molecule has 0 N–H and O–H groups in total. The lowest BCUT2D eigenvalue weighted by atomic mass is 9.86. The summed E-state index contributed by atoms with van der Waals surface area (Å²) in [6.07, 6.45) is 5.14. The number of allylic oxidation sites excluding steroid dienone is 5. The second-order valence-electron chi connectivity index (χ2n) is 3.77. The normalized spacial score (nSPS) is 13.9. The van der Waals surface area contributed by atoms with Gasteiger partial charge in [-0.25, -0.2) is 4.39 Å². The molecule has 0 aliphatic rings. The number of hydrogen-bond acceptors (Lipinski definition) is 0. The van der Waals surface area contributed by atoms with E-state index < -0.39 is 5.83 Å². The third kappa shape index (κ3) is 4.12. The Morgan fingerprint density at radius 3 is 2.00 bits per heavy atom. The Morgan fingerprint density at radius 2 is 1.75 bits per heavy atom. The first-order chi connectivity index (χ1) is 5.38. The summed E-state index contributed by atoms with van der Waals surface area (Å²) in [5.74, 6) is -0.404. The second-order valence-corrected chi connectivity index (χ2v) is 3.77. The topological polar surface area (TPSA) is 0 Å². The Labute approximate surface area is 74.5 Å². The van der Waals surface area contributed by atoms with Crippen molar-refractivity contribution >= 4 is 0 Å². The van der Waals surface area contributed by atoms with E-state index in [4.69, 9.17) is 0 Å². The molecule has 0 saturated carbocycles. The van der Waals surface area contributed by atoms with Gasteiger partial charge < -0.3 is 0 Å². The molecule has 0 amide bonds. The van der Waals surface area contributed by atoms with E-state index in [-0.39, 0.29) is 5.41 Å². The minimum Gasteiger partial charge on any atom is -0.208 e. The second kappa shape index (κ2) is 4.24. The van der Waals surface area contributed by atoms with Gasteiger partial charge in [0, 0.05) is 0 Å². The van der Waals surface area contributed by atoms with Crippen molar-refractivity contribution in [1.29, 1.82) is 0 Å². The summed E-state index contributed by atoms with van der Waals surface area (Å²) >= 11 is 0. The lowest BCUT2D eigenvalue weighted by Gasteiger charge is -2.19. The van der Waals surface area contributed by atoms with Gasteiger partial charge in [0.15, 0.2) is 0 Å². The maximum atomic E-state index is 12.3. The smallest absolute Gasteiger partial charge is 0.116 e. The SMILES string of the molecule is C=C(F)/C=C\C(=C/C)C(C)(C)C. The molecule has 0 rings (SSSR count). The highest BCUT2D eigenvalue weighted by Crippen LogP contribution is 2.26. The van der Waals surface area contributed by atoms with Crippen LogP contribution in [0.1, 0.15) is 27.7 Å². The molecule has 0 spiro atoms. The van der Waals surface area contributed by atoms with E-state index in [0.717, 1.165) is 5.57 Å². The fourth-order valence-corrected chi connectivity index (χ4v) is 0.959. The van der Waals surface area contributed by atoms with Gasteiger partial charge in [0.2, 0.25) is 0 Å². The van der Waals surface area contributed by atoms with Crippen LogP contribution in [0.4, 0.5) is 4.39 Å². The fraction of sp³-hybridized carbons (Fsp3) is 0.455. The fourth-order valence-electron chi connectivity index (χ4n) is 0.959. The van der Waals surface area contributed by atoms with Crippen LogP contribution < -0.4 is 0 Å². The lowest BCUT2D eigenvalue weighted by Crippen LogP contribution is -2.06. The standard InChI is InChI=1S/C11H17F/c1-6-10(11(3,4)5)8-7-9(2)12/h6-8H,2H2,1,3-5H3/b8-7-,10-6+. The maximum absolute atomic E-state index is 12.3. The first-order valence-electron chi connectivity index (χ1n) is 4.07. The maximum Gasteiger partial charge on any atom is 0.116 e. The summed E-state index contributed by atoms with van der Waals surface area (Å²) in [4.78, 5) is 0. The van der Waals surface area contributed by atoms with Crippen molar-refractivity contribution in [2.75, 3.05) is 0 Å². The molecule has 0 fully saturated rings. The van der Waals surface area contributed by atoms with E-state index in [1.807, 2.05) is 13.0 Å². The van der Waals surface area contributed by atoms with Crippen molar-refractivity contribution in [3.63, 3.8) is 0 Å². The van der Waals surface area contributed by atoms with Crippen LogP contribution in [0.5, 0.6) is 0 Å². The highest BCUT2D eigenvalue weighted by Gasteiger charge is 2.12. The van der Waals surface area contributed by atoms with Gasteiger partial charge >= 0.3 is 0 Å². The summed E-state index contributed by atoms with van der Waals surface area (Å²) in [7, 11) is 0. The predicted molar refractivity (Wildman–Crippen MR) is 52.6 cm³/mol. The summed E-state index contributed by atoms with van der Waals surface area (Å²) in [5.41, 5.74) is 1.18. The van der Waals surface area contributed by atoms with Crippen molar-refractivity contribution in [2.24, 2.45) is 5.41 Å². The molecule has 1 heteroatoms. The first-order valence-corrected chi connectivity index (χ1v) is 4.07. The van der Waals surface area contributed by atoms with E-state index in [1.165, 1.54) is 6.08 Å². The quantitative estimate of drug-likeness (QED) is 0.546. The molecule has 0 heterocycles. The third-order valence-corrected chi connectivity index (χ3v) is 1.62. The van der Waals surface area contributed by atoms with Crippen molar-refractivity contribution in [3.8, 4) is 0 Å². The molecule has 0 aliphatic carbocycles. The van der Waals surface area contributed by atoms with Gasteiger partial charge in [-0.15, -0.1) is 0 Å². The van der Waals surface area contributed by atoms with Crippen LogP contribution in [-0.2, 0) is 0 Å². The Morgan fingerprint density at radius 1 is 1.25 bits per heavy atom. The summed E-state index contributed by atoms with van der Waals surface area (Å²) in [6.45, 7) is 11.4. The van der Waals surface area contributed by atoms with Gasteiger partial charge in [-0.2, -0.15) is 0 Å². The molecule has 0 unspecified atom stereocenters. The zero-order valence-corrected chi connectivity index (χ0v) is 8.32. The largest absolute Gasteiger partial charge is 0.208 e. The molecular weight excluding hydrogens is 151 g/mol. The highest BCUT2D eigenvalue weighted by molar-refractivity contribution is 5.27. The monoisotopic (exact) mass is 168 g/mol. The molecule has 68 valence electrons. The molecule has 0 radical (unpaired) electrons. The average molecular weight is 168 g/mol. The predicted octanol–water partition coefficient (Wildman–Crippen LogP) is 4.02. The van der Waals surface area contributed by atoms with E-state index in [9.17, 15) is 4.39 Å². The van der Waals surface area contributed by atoms with Crippen LogP contribution in [0.2, 0.25) is 0 Å². The summed E-state index contributed by atoms with van der Waals surface area (Å²) in [6, 6.07) is 0. The Hall–Kier alpha value is -0.850. The average Bonchev–Trinajstić information content (AvgIpc) is 1.85. The van der Waals surface area contributed by atoms with Crippen LogP contribution >= 0.6 is 0 Å². The molecule has 0 aromatic carbocycles. The molecule has 0 aromatic rings. The zero-order chi connectivity index (χ0) is 9.78. The molecule has 12 heavy (non-hydrogen) atoms. The minimum atomic E-state index is -0.404. The summed E-state index contributed by atoms with van der Waals surface area (Å²) < 4.78 is 12.3. The molecule has 0 aromatic heterocycles. The molecule has 0 bridgehead atoms. The van der Waals surface area contributed by atoms with Gasteiger partial charge in [-0.05, 0) is 24.0 Å². The van der Waals surface area contributed by atoms with Gasteiger partial charge in [-0.3, -0.25) is 0 Å². The Balaban J connectivity index is 4.53. The lowest BCUT2D eigenvalue weighted by molar-refractivity contribution is 0.516. The molecule has 0 nitrogen and oxygen atoms in total. The minimum absolute atomic E-state index is 0.0701. The zero-order valence-electron chi connectivity index (χ0n) is 8.32. The van der Waals surface area contributed by atoms with Crippen LogP contribution in [0.15, 0.2) is 36.2 Å². The number of rotatable bonds is 2. The molecular formula is C11H17F. The van der Waals surface area contributed by atoms with E-state index in [2.05, 4.69) is 27.4 Å². The van der Waals surface area contributed by atoms with Gasteiger partial charge in [-0.1, -0.05) is 39.5 Å². The van der Waals surface area contributed by atoms with Crippen LogP contribution in [-0.4, -0.2) is 0 Å². The van der Waals surface area contributed by atoms with Crippen molar-refractivity contribution in [1.82, 2.24) is 0 Å².